The first-order chi connectivity index (χ1) is 22.0. The van der Waals surface area contributed by atoms with Crippen molar-refractivity contribution >= 4 is 45.7 Å². The fourth-order valence-corrected chi connectivity index (χ4v) is 7.85. The summed E-state index contributed by atoms with van der Waals surface area (Å²) in [5.41, 5.74) is 6.48. The van der Waals surface area contributed by atoms with E-state index in [1.54, 1.807) is 32.4 Å². The Morgan fingerprint density at radius 3 is 2.56 bits per heavy atom. The molecule has 9 heteroatoms. The topological polar surface area (TPSA) is 62.0 Å². The predicted octanol–water partition coefficient (Wildman–Crippen LogP) is 6.66. The van der Waals surface area contributed by atoms with Crippen molar-refractivity contribution in [3.63, 3.8) is 0 Å². The minimum absolute atomic E-state index is 0.0632. The van der Waals surface area contributed by atoms with Gasteiger partial charge in [-0.15, -0.1) is 0 Å². The first-order valence-corrected chi connectivity index (χ1v) is 16.4. The van der Waals surface area contributed by atoms with Gasteiger partial charge in [-0.05, 0) is 82.5 Å². The first kappa shape index (κ1) is 29.5. The summed E-state index contributed by atoms with van der Waals surface area (Å²) in [6, 6.07) is 26.2. The van der Waals surface area contributed by atoms with Gasteiger partial charge in [-0.25, -0.2) is 9.38 Å². The molecule has 6 nitrogen and oxygen atoms in total. The summed E-state index contributed by atoms with van der Waals surface area (Å²) >= 11 is 3.55. The van der Waals surface area contributed by atoms with Crippen LogP contribution in [-0.4, -0.2) is 18.8 Å². The van der Waals surface area contributed by atoms with E-state index in [9.17, 15) is 9.18 Å². The van der Waals surface area contributed by atoms with Crippen LogP contribution in [0.1, 0.15) is 40.3 Å². The molecule has 0 saturated carbocycles. The minimum Gasteiger partial charge on any atom is -0.496 e. The smallest absolute Gasteiger partial charge is 0.271 e. The van der Waals surface area contributed by atoms with Gasteiger partial charge in [0.2, 0.25) is 0 Å². The highest BCUT2D eigenvalue weighted by molar-refractivity contribution is 14.1. The first-order valence-electron chi connectivity index (χ1n) is 14.5. The summed E-state index contributed by atoms with van der Waals surface area (Å²) in [6.45, 7) is 0.0632. The fourth-order valence-electron chi connectivity index (χ4n) is 6.07. The molecule has 45 heavy (non-hydrogen) atoms. The number of fused-ring (bicyclic) bond motifs is 3. The van der Waals surface area contributed by atoms with Crippen LogP contribution in [0.3, 0.4) is 0 Å². The van der Waals surface area contributed by atoms with E-state index in [2.05, 4.69) is 40.8 Å². The molecule has 1 aliphatic carbocycles. The van der Waals surface area contributed by atoms with Crippen LogP contribution >= 0.6 is 33.9 Å². The molecule has 0 N–H and O–H groups in total. The number of hydrogen-bond donors (Lipinski definition) is 0. The number of allylic oxidation sites excluding steroid dienone is 1. The normalized spacial score (nSPS) is 15.6. The zero-order valence-electron chi connectivity index (χ0n) is 24.6. The number of aryl methyl sites for hydroxylation is 1. The van der Waals surface area contributed by atoms with Crippen LogP contribution in [0.2, 0.25) is 0 Å². The van der Waals surface area contributed by atoms with Gasteiger partial charge in [0.05, 0.1) is 34.1 Å². The van der Waals surface area contributed by atoms with E-state index in [4.69, 9.17) is 19.2 Å². The Hall–Kier alpha value is -4.22. The van der Waals surface area contributed by atoms with Crippen LogP contribution in [-0.2, 0) is 13.0 Å². The van der Waals surface area contributed by atoms with Crippen molar-refractivity contribution in [1.29, 1.82) is 0 Å². The average Bonchev–Trinajstić information content (AvgIpc) is 3.37. The van der Waals surface area contributed by atoms with Crippen molar-refractivity contribution in [3.05, 3.63) is 147 Å². The quantitative estimate of drug-likeness (QED) is 0.176. The van der Waals surface area contributed by atoms with Crippen molar-refractivity contribution in [1.82, 2.24) is 4.57 Å². The third-order valence-electron chi connectivity index (χ3n) is 8.19. The number of benzene rings is 4. The highest BCUT2D eigenvalue weighted by Gasteiger charge is 2.34. The Morgan fingerprint density at radius 2 is 1.73 bits per heavy atom. The molecule has 2 aliphatic rings. The van der Waals surface area contributed by atoms with Gasteiger partial charge in [-0.3, -0.25) is 9.36 Å². The maximum Gasteiger partial charge on any atom is 0.271 e. The van der Waals surface area contributed by atoms with E-state index in [-0.39, 0.29) is 24.0 Å². The molecule has 0 unspecified atom stereocenters. The lowest BCUT2D eigenvalue weighted by Crippen LogP contribution is -2.39. The van der Waals surface area contributed by atoms with Crippen LogP contribution in [0, 0.1) is 9.39 Å². The van der Waals surface area contributed by atoms with Crippen molar-refractivity contribution < 1.29 is 18.6 Å². The van der Waals surface area contributed by atoms with Gasteiger partial charge in [0.15, 0.2) is 16.3 Å². The van der Waals surface area contributed by atoms with Crippen LogP contribution in [0.4, 0.5) is 4.39 Å². The summed E-state index contributed by atoms with van der Waals surface area (Å²) in [5, 5.41) is 0. The van der Waals surface area contributed by atoms with E-state index < -0.39 is 0 Å². The summed E-state index contributed by atoms with van der Waals surface area (Å²) < 4.78 is 34.8. The van der Waals surface area contributed by atoms with Crippen molar-refractivity contribution in [2.75, 3.05) is 14.2 Å². The van der Waals surface area contributed by atoms with Crippen LogP contribution in [0.5, 0.6) is 17.2 Å². The van der Waals surface area contributed by atoms with Crippen LogP contribution in [0.25, 0.3) is 11.8 Å². The third-order valence-corrected chi connectivity index (χ3v) is 9.97. The molecule has 7 rings (SSSR count). The van der Waals surface area contributed by atoms with Gasteiger partial charge < -0.3 is 14.2 Å². The van der Waals surface area contributed by atoms with Gasteiger partial charge in [0, 0.05) is 16.7 Å². The van der Waals surface area contributed by atoms with Crippen molar-refractivity contribution in [3.8, 4) is 17.2 Å². The molecule has 4 aromatic carbocycles. The number of thiazole rings is 1. The number of nitrogens with zero attached hydrogens (tertiary/aromatic N) is 2. The molecule has 0 bridgehead atoms. The standard InChI is InChI=1S/C36H28FIN2O4S/c1-42-29-14-8-6-12-25(29)33-26-16-15-22-9-3-5-11-24(22)32(26)39-36-40(33)35(41)31(45-36)19-21-17-28(38)34(30(18-21)43-2)44-20-23-10-4-7-13-27(23)37/h3-14,17-19,33H,15-16,20H2,1-2H3/b31-19-/t33-/m0/s1. The molecule has 2 heterocycles. The maximum atomic E-state index is 14.2. The van der Waals surface area contributed by atoms with Crippen LogP contribution in [0.15, 0.2) is 100 Å². The molecule has 0 spiro atoms. The molecule has 5 aromatic rings. The molecular formula is C36H28FIN2O4S. The Labute approximate surface area is 276 Å². The average molecular weight is 731 g/mol. The Balaban J connectivity index is 1.35. The van der Waals surface area contributed by atoms with Gasteiger partial charge in [0.1, 0.15) is 18.2 Å². The second-order valence-corrected chi connectivity index (χ2v) is 12.9. The lowest BCUT2D eigenvalue weighted by atomic mass is 9.83. The molecule has 0 fully saturated rings. The van der Waals surface area contributed by atoms with E-state index in [1.807, 2.05) is 53.1 Å². The number of hydrogen-bond acceptors (Lipinski definition) is 6. The fraction of sp³-hybridized carbons (Fsp3) is 0.167. The lowest BCUT2D eigenvalue weighted by Gasteiger charge is -2.31. The third kappa shape index (κ3) is 5.37. The second kappa shape index (κ2) is 12.3. The summed E-state index contributed by atoms with van der Waals surface area (Å²) in [4.78, 5) is 20.0. The largest absolute Gasteiger partial charge is 0.496 e. The highest BCUT2D eigenvalue weighted by atomic mass is 127. The van der Waals surface area contributed by atoms with Gasteiger partial charge in [0.25, 0.3) is 5.56 Å². The molecule has 0 saturated heterocycles. The predicted molar refractivity (Wildman–Crippen MR) is 182 cm³/mol. The molecule has 1 aliphatic heterocycles. The Bertz CT molecular complexity index is 2170. The number of methoxy groups -OCH3 is 2. The zero-order chi connectivity index (χ0) is 31.1. The minimum atomic E-state index is -0.341. The van der Waals surface area contributed by atoms with E-state index in [0.29, 0.717) is 26.4 Å². The van der Waals surface area contributed by atoms with E-state index >= 15 is 0 Å². The number of halogens is 2. The van der Waals surface area contributed by atoms with Gasteiger partial charge in [-0.2, -0.15) is 0 Å². The molecular weight excluding hydrogens is 702 g/mol. The number of para-hydroxylation sites is 1. The van der Waals surface area contributed by atoms with Crippen LogP contribution < -0.4 is 29.1 Å². The summed E-state index contributed by atoms with van der Waals surface area (Å²) in [6.07, 6.45) is 3.54. The molecule has 0 amide bonds. The second-order valence-electron chi connectivity index (χ2n) is 10.8. The summed E-state index contributed by atoms with van der Waals surface area (Å²) in [7, 11) is 3.22. The van der Waals surface area contributed by atoms with E-state index in [1.165, 1.54) is 23.0 Å². The lowest BCUT2D eigenvalue weighted by molar-refractivity contribution is 0.277. The molecule has 1 aromatic heterocycles. The monoisotopic (exact) mass is 730 g/mol. The summed E-state index contributed by atoms with van der Waals surface area (Å²) in [5.74, 6) is 1.42. The van der Waals surface area contributed by atoms with Gasteiger partial charge >= 0.3 is 0 Å². The molecule has 0 radical (unpaired) electrons. The molecule has 1 atom stereocenters. The zero-order valence-corrected chi connectivity index (χ0v) is 27.5. The SMILES string of the molecule is COc1ccccc1[C@H]1C2=C(N=c3s/c(=C\c4cc(I)c(OCc5ccccc5F)c(OC)c4)c(=O)n31)c1ccccc1CC2. The van der Waals surface area contributed by atoms with Gasteiger partial charge in [-0.1, -0.05) is 72.0 Å². The number of rotatable bonds is 7. The van der Waals surface area contributed by atoms with Crippen molar-refractivity contribution in [2.24, 2.45) is 4.99 Å². The number of ether oxygens (including phenoxy) is 3. The molecule has 226 valence electrons. The Morgan fingerprint density at radius 1 is 0.978 bits per heavy atom. The Kier molecular flexibility index (Phi) is 8.05. The highest BCUT2D eigenvalue weighted by Crippen LogP contribution is 2.43. The van der Waals surface area contributed by atoms with E-state index in [0.717, 1.165) is 50.1 Å². The maximum absolute atomic E-state index is 14.2. The van der Waals surface area contributed by atoms with Crippen molar-refractivity contribution in [2.45, 2.75) is 25.5 Å². The number of aromatic nitrogens is 1.